The average Bonchev–Trinajstić information content (AvgIpc) is 3.35. The smallest absolute Gasteiger partial charge is 0.306 e. The number of ether oxygens (including phenoxy) is 3. The van der Waals surface area contributed by atoms with Gasteiger partial charge in [-0.2, -0.15) is 0 Å². The lowest BCUT2D eigenvalue weighted by Crippen LogP contribution is -2.30. The summed E-state index contributed by atoms with van der Waals surface area (Å²) in [5, 5.41) is 0. The maximum absolute atomic E-state index is 12.8. The molecule has 0 rings (SSSR count). The van der Waals surface area contributed by atoms with Crippen LogP contribution in [0.25, 0.3) is 0 Å². The second-order valence-corrected chi connectivity index (χ2v) is 19.2. The van der Waals surface area contributed by atoms with Gasteiger partial charge in [0, 0.05) is 19.3 Å². The largest absolute Gasteiger partial charge is 0.462 e. The van der Waals surface area contributed by atoms with Crippen molar-refractivity contribution in [3.05, 3.63) is 85.1 Å². The number of unbranched alkanes of at least 4 members (excludes halogenated alkanes) is 27. The number of allylic oxidation sites excluding steroid dienone is 14. The molecule has 0 spiro atoms. The average molecular weight is 962 g/mol. The minimum atomic E-state index is -0.813. The number of esters is 3. The Morgan fingerprint density at radius 2 is 0.594 bits per heavy atom. The molecule has 0 aliphatic carbocycles. The Morgan fingerprint density at radius 1 is 0.304 bits per heavy atom. The van der Waals surface area contributed by atoms with Crippen LogP contribution in [0.2, 0.25) is 0 Å². The molecule has 0 aliphatic heterocycles. The summed E-state index contributed by atoms with van der Waals surface area (Å²) in [6, 6.07) is 0. The lowest BCUT2D eigenvalue weighted by Gasteiger charge is -2.18. The van der Waals surface area contributed by atoms with Gasteiger partial charge in [0.15, 0.2) is 6.10 Å². The van der Waals surface area contributed by atoms with Gasteiger partial charge >= 0.3 is 17.9 Å². The summed E-state index contributed by atoms with van der Waals surface area (Å²) < 4.78 is 16.7. The van der Waals surface area contributed by atoms with Gasteiger partial charge in [0.05, 0.1) is 0 Å². The van der Waals surface area contributed by atoms with Gasteiger partial charge in [-0.05, 0) is 83.5 Å². The molecule has 1 unspecified atom stereocenters. The summed E-state index contributed by atoms with van der Waals surface area (Å²) >= 11 is 0. The van der Waals surface area contributed by atoms with E-state index >= 15 is 0 Å². The van der Waals surface area contributed by atoms with E-state index in [1.807, 2.05) is 12.2 Å². The van der Waals surface area contributed by atoms with Crippen molar-refractivity contribution >= 4 is 17.9 Å². The summed E-state index contributed by atoms with van der Waals surface area (Å²) in [5.41, 5.74) is 0. The molecular weight excluding hydrogens is 853 g/mol. The Balaban J connectivity index is 4.25. The fourth-order valence-corrected chi connectivity index (χ4v) is 8.05. The molecule has 0 bridgehead atoms. The van der Waals surface area contributed by atoms with Gasteiger partial charge in [-0.1, -0.05) is 260 Å². The van der Waals surface area contributed by atoms with E-state index in [0.29, 0.717) is 19.3 Å². The highest BCUT2D eigenvalue weighted by molar-refractivity contribution is 5.71. The highest BCUT2D eigenvalue weighted by atomic mass is 16.6. The molecule has 0 fully saturated rings. The van der Waals surface area contributed by atoms with Crippen molar-refractivity contribution in [2.45, 2.75) is 284 Å². The summed E-state index contributed by atoms with van der Waals surface area (Å²) in [7, 11) is 0. The van der Waals surface area contributed by atoms with Gasteiger partial charge in [0.25, 0.3) is 0 Å². The fourth-order valence-electron chi connectivity index (χ4n) is 8.05. The first-order valence-corrected chi connectivity index (χ1v) is 29.1. The van der Waals surface area contributed by atoms with Crippen LogP contribution in [-0.2, 0) is 28.6 Å². The van der Waals surface area contributed by atoms with Crippen molar-refractivity contribution in [1.82, 2.24) is 0 Å². The first-order chi connectivity index (χ1) is 34.0. The Morgan fingerprint density at radius 3 is 0.942 bits per heavy atom. The molecule has 0 saturated heterocycles. The highest BCUT2D eigenvalue weighted by Crippen LogP contribution is 2.15. The molecule has 0 aromatic rings. The number of rotatable bonds is 52. The van der Waals surface area contributed by atoms with E-state index in [0.717, 1.165) is 77.0 Å². The number of hydrogen-bond donors (Lipinski definition) is 0. The molecule has 0 aromatic heterocycles. The molecular formula is C63H108O6. The molecule has 0 radical (unpaired) electrons. The van der Waals surface area contributed by atoms with Crippen molar-refractivity contribution in [3.63, 3.8) is 0 Å². The summed E-state index contributed by atoms with van der Waals surface area (Å²) in [4.78, 5) is 38.0. The monoisotopic (exact) mass is 961 g/mol. The van der Waals surface area contributed by atoms with E-state index in [1.54, 1.807) is 0 Å². The topological polar surface area (TPSA) is 78.9 Å². The maximum Gasteiger partial charge on any atom is 0.306 e. The van der Waals surface area contributed by atoms with Gasteiger partial charge in [0.2, 0.25) is 0 Å². The van der Waals surface area contributed by atoms with Crippen LogP contribution >= 0.6 is 0 Å². The van der Waals surface area contributed by atoms with Gasteiger partial charge in [-0.25, -0.2) is 0 Å². The Bertz CT molecular complexity index is 1330. The van der Waals surface area contributed by atoms with Crippen molar-refractivity contribution in [2.75, 3.05) is 13.2 Å². The molecule has 6 nitrogen and oxygen atoms in total. The van der Waals surface area contributed by atoms with Crippen molar-refractivity contribution in [1.29, 1.82) is 0 Å². The number of hydrogen-bond acceptors (Lipinski definition) is 6. The van der Waals surface area contributed by atoms with Crippen LogP contribution in [0.1, 0.15) is 278 Å². The van der Waals surface area contributed by atoms with Gasteiger partial charge in [-0.15, -0.1) is 0 Å². The molecule has 0 N–H and O–H groups in total. The third kappa shape index (κ3) is 55.4. The summed E-state index contributed by atoms with van der Waals surface area (Å²) in [6.07, 6.45) is 74.6. The van der Waals surface area contributed by atoms with Gasteiger partial charge in [0.1, 0.15) is 13.2 Å². The van der Waals surface area contributed by atoms with Crippen LogP contribution in [0.5, 0.6) is 0 Å². The third-order valence-corrected chi connectivity index (χ3v) is 12.4. The molecule has 0 saturated carbocycles. The van der Waals surface area contributed by atoms with Crippen LogP contribution in [-0.4, -0.2) is 37.2 Å². The minimum Gasteiger partial charge on any atom is -0.462 e. The first kappa shape index (κ1) is 65.6. The van der Waals surface area contributed by atoms with E-state index in [-0.39, 0.29) is 37.5 Å². The third-order valence-electron chi connectivity index (χ3n) is 12.4. The second-order valence-electron chi connectivity index (χ2n) is 19.2. The second kappa shape index (κ2) is 57.2. The Hall–Kier alpha value is -3.41. The molecule has 0 aromatic carbocycles. The Labute approximate surface area is 426 Å². The minimum absolute atomic E-state index is 0.103. The van der Waals surface area contributed by atoms with Crippen molar-refractivity contribution < 1.29 is 28.6 Å². The lowest BCUT2D eigenvalue weighted by atomic mass is 10.0. The highest BCUT2D eigenvalue weighted by Gasteiger charge is 2.19. The van der Waals surface area contributed by atoms with Gasteiger partial charge < -0.3 is 14.2 Å². The molecule has 1 atom stereocenters. The zero-order valence-corrected chi connectivity index (χ0v) is 45.3. The van der Waals surface area contributed by atoms with Crippen molar-refractivity contribution in [3.8, 4) is 0 Å². The van der Waals surface area contributed by atoms with Crippen LogP contribution in [0.4, 0.5) is 0 Å². The maximum atomic E-state index is 12.8. The van der Waals surface area contributed by atoms with E-state index in [4.69, 9.17) is 14.2 Å². The molecule has 69 heavy (non-hydrogen) atoms. The van der Waals surface area contributed by atoms with Crippen LogP contribution in [0, 0.1) is 0 Å². The van der Waals surface area contributed by atoms with Crippen LogP contribution in [0.15, 0.2) is 85.1 Å². The number of carbonyl (C=O) groups is 3. The van der Waals surface area contributed by atoms with Crippen LogP contribution < -0.4 is 0 Å². The quantitative estimate of drug-likeness (QED) is 0.0262. The zero-order chi connectivity index (χ0) is 50.0. The van der Waals surface area contributed by atoms with E-state index in [1.165, 1.54) is 154 Å². The van der Waals surface area contributed by atoms with E-state index < -0.39 is 6.10 Å². The molecule has 6 heteroatoms. The normalized spacial score (nSPS) is 12.7. The first-order valence-electron chi connectivity index (χ1n) is 29.1. The predicted molar refractivity (Wildman–Crippen MR) is 297 cm³/mol. The summed E-state index contributed by atoms with van der Waals surface area (Å²) in [6.45, 7) is 6.45. The lowest BCUT2D eigenvalue weighted by molar-refractivity contribution is -0.166. The SMILES string of the molecule is CC/C=C\C/C=C\C/C=C\C/C=C\CCC(=O)OC(COC(=O)CCCCCCCCCCCCC)COC(=O)CCCCCCCCCCCCCC/C=C\C/C=C\C/C=C\CCCCCCC. The predicted octanol–water partition coefficient (Wildman–Crippen LogP) is 19.5. The van der Waals surface area contributed by atoms with E-state index in [2.05, 4.69) is 93.7 Å². The Kier molecular flexibility index (Phi) is 54.3. The standard InChI is InChI=1S/C63H108O6/c1-4-7-10-13-16-19-22-24-25-26-27-28-29-30-31-32-33-34-35-36-37-39-41-44-47-50-53-56-62(65)68-59-60(58-67-61(64)55-52-49-46-43-40-21-18-15-12-9-6-3)69-63(66)57-54-51-48-45-42-38-23-20-17-14-11-8-5-2/h8,11,17,20,22,24,26-27,29-30,38,42,48,51,60H,4-7,9-10,12-16,18-19,21,23,25,28,31-37,39-41,43-47,49-50,52-59H2,1-3H3/b11-8-,20-17-,24-22-,27-26-,30-29-,42-38-,51-48-. The van der Waals surface area contributed by atoms with Crippen LogP contribution in [0.3, 0.4) is 0 Å². The molecule has 0 amide bonds. The zero-order valence-electron chi connectivity index (χ0n) is 45.3. The summed E-state index contributed by atoms with van der Waals surface area (Å²) in [5.74, 6) is -0.984. The molecule has 0 aliphatic rings. The van der Waals surface area contributed by atoms with Crippen molar-refractivity contribution in [2.24, 2.45) is 0 Å². The molecule has 0 heterocycles. The van der Waals surface area contributed by atoms with Gasteiger partial charge in [-0.3, -0.25) is 14.4 Å². The van der Waals surface area contributed by atoms with E-state index in [9.17, 15) is 14.4 Å². The fraction of sp³-hybridized carbons (Fsp3) is 0.730. The number of carbonyl (C=O) groups excluding carboxylic acids is 3. The molecule has 396 valence electrons.